The van der Waals surface area contributed by atoms with Gasteiger partial charge >= 0.3 is 0 Å². The highest BCUT2D eigenvalue weighted by Gasteiger charge is 1.82. The highest BCUT2D eigenvalue weighted by Crippen LogP contribution is 1.93. The largest absolute Gasteiger partial charge is 0.228 e. The third-order valence-electron chi connectivity index (χ3n) is 1.42. The molecule has 0 aliphatic carbocycles. The van der Waals surface area contributed by atoms with Gasteiger partial charge in [0, 0.05) is 24.8 Å². The zero-order chi connectivity index (χ0) is 8.23. The van der Waals surface area contributed by atoms with Gasteiger partial charge in [-0.25, -0.2) is 9.35 Å². The molecule has 4 heteroatoms. The number of hydrogen-bond donors (Lipinski definition) is 0. The molecule has 60 valence electrons. The molecule has 0 atom stereocenters. The van der Waals surface area contributed by atoms with E-state index in [4.69, 9.17) is 0 Å². The Morgan fingerprint density at radius 3 is 1.25 bits per heavy atom. The average Bonchev–Trinajstić information content (AvgIpc) is 2.74. The van der Waals surface area contributed by atoms with E-state index in [0.717, 1.165) is 0 Å². The summed E-state index contributed by atoms with van der Waals surface area (Å²) in [6, 6.07) is 7.59. The fourth-order valence-corrected chi connectivity index (χ4v) is 0.862. The number of aromatic nitrogens is 2. The second kappa shape index (κ2) is 3.04. The highest BCUT2D eigenvalue weighted by molar-refractivity contribution is 4.90. The summed E-state index contributed by atoms with van der Waals surface area (Å²) in [5.74, 6) is 0. The Hall–Kier alpha value is -1.84. The van der Waals surface area contributed by atoms with Crippen molar-refractivity contribution in [3.63, 3.8) is 0 Å². The normalized spacial score (nSPS) is 11.0. The van der Waals surface area contributed by atoms with Crippen molar-refractivity contribution >= 4 is 0 Å². The van der Waals surface area contributed by atoms with E-state index in [1.54, 1.807) is 9.35 Å². The van der Waals surface area contributed by atoms with E-state index in [9.17, 15) is 0 Å². The Morgan fingerprint density at radius 2 is 0.917 bits per heavy atom. The van der Waals surface area contributed by atoms with Crippen LogP contribution < -0.4 is 0 Å². The van der Waals surface area contributed by atoms with Crippen LogP contribution in [0.5, 0.6) is 0 Å². The molecule has 12 heavy (non-hydrogen) atoms. The Bertz CT molecular complexity index is 308. The lowest BCUT2D eigenvalue weighted by Crippen LogP contribution is -1.84. The summed E-state index contributed by atoms with van der Waals surface area (Å²) in [6.07, 6.45) is 7.31. The van der Waals surface area contributed by atoms with Gasteiger partial charge in [-0.3, -0.25) is 0 Å². The molecule has 4 nitrogen and oxygen atoms in total. The molecule has 0 saturated carbocycles. The molecule has 0 fully saturated rings. The molecule has 0 aliphatic rings. The summed E-state index contributed by atoms with van der Waals surface area (Å²) in [5, 5.41) is 7.83. The fraction of sp³-hybridized carbons (Fsp3) is 0. The van der Waals surface area contributed by atoms with Gasteiger partial charge in [0.1, 0.15) is 0 Å². The molecule has 2 rings (SSSR count). The first-order valence-corrected chi connectivity index (χ1v) is 3.63. The maximum atomic E-state index is 3.91. The molecule has 0 aromatic carbocycles. The molecule has 0 radical (unpaired) electrons. The summed E-state index contributed by atoms with van der Waals surface area (Å²) < 4.78 is 3.28. The monoisotopic (exact) mass is 160 g/mol. The van der Waals surface area contributed by atoms with Crippen molar-refractivity contribution in [3.8, 4) is 0 Å². The number of hydrogen-bond acceptors (Lipinski definition) is 2. The summed E-state index contributed by atoms with van der Waals surface area (Å²) in [5.41, 5.74) is 0. The fourth-order valence-electron chi connectivity index (χ4n) is 0.862. The van der Waals surface area contributed by atoms with E-state index in [-0.39, 0.29) is 0 Å². The molecule has 0 amide bonds. The minimum atomic E-state index is 1.64. The van der Waals surface area contributed by atoms with Crippen LogP contribution >= 0.6 is 0 Å². The SMILES string of the molecule is c1ccn(N=Nn2cccc2)c1. The van der Waals surface area contributed by atoms with E-state index in [1.165, 1.54) is 0 Å². The predicted molar refractivity (Wildman–Crippen MR) is 44.5 cm³/mol. The summed E-state index contributed by atoms with van der Waals surface area (Å²) in [6.45, 7) is 0. The lowest BCUT2D eigenvalue weighted by molar-refractivity contribution is 0.692. The summed E-state index contributed by atoms with van der Waals surface area (Å²) >= 11 is 0. The van der Waals surface area contributed by atoms with Crippen LogP contribution in [0.3, 0.4) is 0 Å². The topological polar surface area (TPSA) is 34.6 Å². The lowest BCUT2D eigenvalue weighted by Gasteiger charge is -1.90. The predicted octanol–water partition coefficient (Wildman–Crippen LogP) is 1.97. The molecule has 2 heterocycles. The van der Waals surface area contributed by atoms with E-state index in [1.807, 2.05) is 49.1 Å². The minimum absolute atomic E-state index is 1.64. The second-order valence-corrected chi connectivity index (χ2v) is 2.30. The van der Waals surface area contributed by atoms with E-state index < -0.39 is 0 Å². The smallest absolute Gasteiger partial charge is 0.0302 e. The molecule has 0 aliphatic heterocycles. The molecule has 0 unspecified atom stereocenters. The molecule has 0 saturated heterocycles. The van der Waals surface area contributed by atoms with Gasteiger partial charge < -0.3 is 0 Å². The van der Waals surface area contributed by atoms with Crippen LogP contribution in [0.4, 0.5) is 0 Å². The van der Waals surface area contributed by atoms with Gasteiger partial charge in [0.15, 0.2) is 0 Å². The lowest BCUT2D eigenvalue weighted by atomic mass is 10.7. The van der Waals surface area contributed by atoms with E-state index >= 15 is 0 Å². The van der Waals surface area contributed by atoms with Crippen LogP contribution in [0.1, 0.15) is 0 Å². The highest BCUT2D eigenvalue weighted by atomic mass is 15.6. The molecular weight excluding hydrogens is 152 g/mol. The van der Waals surface area contributed by atoms with Crippen molar-refractivity contribution < 1.29 is 0 Å². The van der Waals surface area contributed by atoms with Crippen LogP contribution in [-0.4, -0.2) is 9.35 Å². The Kier molecular flexibility index (Phi) is 1.74. The van der Waals surface area contributed by atoms with Gasteiger partial charge in [0.05, 0.1) is 0 Å². The molecule has 0 bridgehead atoms. The third kappa shape index (κ3) is 1.42. The van der Waals surface area contributed by atoms with Gasteiger partial charge in [-0.15, -0.1) is 0 Å². The Balaban J connectivity index is 2.14. The van der Waals surface area contributed by atoms with Crippen molar-refractivity contribution in [2.75, 3.05) is 0 Å². The van der Waals surface area contributed by atoms with Gasteiger partial charge in [-0.1, -0.05) is 0 Å². The number of rotatable bonds is 2. The van der Waals surface area contributed by atoms with Crippen molar-refractivity contribution in [1.82, 2.24) is 9.35 Å². The van der Waals surface area contributed by atoms with Gasteiger partial charge in [-0.2, -0.15) is 0 Å². The maximum absolute atomic E-state index is 3.91. The van der Waals surface area contributed by atoms with Crippen molar-refractivity contribution in [3.05, 3.63) is 49.1 Å². The Labute approximate surface area is 69.7 Å². The van der Waals surface area contributed by atoms with Crippen molar-refractivity contribution in [2.45, 2.75) is 0 Å². The Morgan fingerprint density at radius 1 is 0.583 bits per heavy atom. The van der Waals surface area contributed by atoms with E-state index in [2.05, 4.69) is 10.4 Å². The van der Waals surface area contributed by atoms with Gasteiger partial charge in [0.25, 0.3) is 0 Å². The second-order valence-electron chi connectivity index (χ2n) is 2.30. The molecule has 2 aromatic heterocycles. The molecule has 0 spiro atoms. The molecule has 2 aromatic rings. The minimum Gasteiger partial charge on any atom is -0.228 e. The van der Waals surface area contributed by atoms with Crippen LogP contribution in [-0.2, 0) is 0 Å². The van der Waals surface area contributed by atoms with Gasteiger partial charge in [-0.05, 0) is 34.7 Å². The standard InChI is InChI=1S/C8H8N4/c1-2-6-11(5-1)9-10-12-7-3-4-8-12/h1-8H. The van der Waals surface area contributed by atoms with Crippen LogP contribution in [0.15, 0.2) is 59.5 Å². The third-order valence-corrected chi connectivity index (χ3v) is 1.42. The van der Waals surface area contributed by atoms with E-state index in [0.29, 0.717) is 0 Å². The molecule has 0 N–H and O–H groups in total. The summed E-state index contributed by atoms with van der Waals surface area (Å²) in [7, 11) is 0. The van der Waals surface area contributed by atoms with Crippen LogP contribution in [0.2, 0.25) is 0 Å². The van der Waals surface area contributed by atoms with Crippen LogP contribution in [0.25, 0.3) is 0 Å². The zero-order valence-electron chi connectivity index (χ0n) is 6.41. The zero-order valence-corrected chi connectivity index (χ0v) is 6.41. The summed E-state index contributed by atoms with van der Waals surface area (Å²) in [4.78, 5) is 0. The van der Waals surface area contributed by atoms with Crippen molar-refractivity contribution in [2.24, 2.45) is 10.4 Å². The number of nitrogens with zero attached hydrogens (tertiary/aromatic N) is 4. The van der Waals surface area contributed by atoms with Crippen molar-refractivity contribution in [1.29, 1.82) is 0 Å². The average molecular weight is 160 g/mol. The maximum Gasteiger partial charge on any atom is 0.0302 e. The quantitative estimate of drug-likeness (QED) is 0.602. The van der Waals surface area contributed by atoms with Crippen LogP contribution in [0, 0.1) is 0 Å². The first kappa shape index (κ1) is 6.84. The van der Waals surface area contributed by atoms with Gasteiger partial charge in [0.2, 0.25) is 0 Å². The molecular formula is C8H8N4. The first-order valence-electron chi connectivity index (χ1n) is 3.63. The first-order chi connectivity index (χ1) is 5.95.